The van der Waals surface area contributed by atoms with Gasteiger partial charge in [-0.25, -0.2) is 9.78 Å². The van der Waals surface area contributed by atoms with Crippen LogP contribution in [0.3, 0.4) is 0 Å². The Morgan fingerprint density at radius 2 is 1.97 bits per heavy atom. The number of carbonyl (C=O) groups excluding carboxylic acids is 2. The second-order valence-electron chi connectivity index (χ2n) is 8.16. The molecule has 36 heavy (non-hydrogen) atoms. The van der Waals surface area contributed by atoms with Crippen molar-refractivity contribution >= 4 is 35.0 Å². The lowest BCUT2D eigenvalue weighted by atomic mass is 9.95. The minimum atomic E-state index is -0.534. The van der Waals surface area contributed by atoms with E-state index in [1.165, 1.54) is 23.4 Å². The minimum Gasteiger partial charge on any atom is -0.491 e. The van der Waals surface area contributed by atoms with Crippen LogP contribution in [0.2, 0.25) is 5.02 Å². The van der Waals surface area contributed by atoms with Gasteiger partial charge in [-0.15, -0.1) is 0 Å². The van der Waals surface area contributed by atoms with E-state index in [0.717, 1.165) is 0 Å². The highest BCUT2D eigenvalue weighted by atomic mass is 35.5. The van der Waals surface area contributed by atoms with Gasteiger partial charge in [-0.3, -0.25) is 10.1 Å². The zero-order valence-corrected chi connectivity index (χ0v) is 20.1. The number of ether oxygens (including phenoxy) is 1. The number of hydrogen-bond acceptors (Lipinski definition) is 6. The van der Waals surface area contributed by atoms with Crippen LogP contribution in [0.5, 0.6) is 5.75 Å². The average Bonchev–Trinajstić information content (AvgIpc) is 2.89. The Hall–Kier alpha value is -4.13. The highest BCUT2D eigenvalue weighted by Gasteiger charge is 2.23. The Bertz CT molecular complexity index is 1280. The van der Waals surface area contributed by atoms with Gasteiger partial charge in [-0.05, 0) is 54.3 Å². The molecule has 10 heteroatoms. The Morgan fingerprint density at radius 1 is 1.14 bits per heavy atom. The predicted octanol–water partition coefficient (Wildman–Crippen LogP) is 3.85. The molecule has 0 radical (unpaired) electrons. The van der Waals surface area contributed by atoms with Crippen LogP contribution in [0.1, 0.15) is 23.1 Å². The number of nitrogens with zero attached hydrogens (tertiary/aromatic N) is 2. The molecule has 1 atom stereocenters. The van der Waals surface area contributed by atoms with Crippen molar-refractivity contribution in [1.29, 1.82) is 5.26 Å². The molecule has 9 nitrogen and oxygen atoms in total. The molecular weight excluding hydrogens is 480 g/mol. The summed E-state index contributed by atoms with van der Waals surface area (Å²) in [4.78, 5) is 28.9. The molecule has 1 aliphatic rings. The summed E-state index contributed by atoms with van der Waals surface area (Å²) in [5.74, 6) is 0.702. The number of benzene rings is 2. The third kappa shape index (κ3) is 6.72. The fraction of sp³-hybridized carbons (Fsp3) is 0.231. The van der Waals surface area contributed by atoms with E-state index in [1.807, 2.05) is 18.2 Å². The first kappa shape index (κ1) is 25.0. The molecule has 3 amide bonds. The summed E-state index contributed by atoms with van der Waals surface area (Å²) in [6.07, 6.45) is 2.61. The van der Waals surface area contributed by atoms with Crippen molar-refractivity contribution < 1.29 is 14.3 Å². The zero-order valence-electron chi connectivity index (χ0n) is 19.4. The summed E-state index contributed by atoms with van der Waals surface area (Å²) < 4.78 is 5.83. The summed E-state index contributed by atoms with van der Waals surface area (Å²) in [6.45, 7) is 1.47. The fourth-order valence-electron chi connectivity index (χ4n) is 3.76. The van der Waals surface area contributed by atoms with Gasteiger partial charge in [0.2, 0.25) is 5.91 Å². The molecular formula is C26H25ClN6O3. The van der Waals surface area contributed by atoms with Crippen LogP contribution in [0, 0.1) is 11.3 Å². The molecule has 0 bridgehead atoms. The number of amides is 3. The number of nitrogens with one attached hydrogen (secondary N) is 4. The Balaban J connectivity index is 1.23. The van der Waals surface area contributed by atoms with Gasteiger partial charge in [0.15, 0.2) is 0 Å². The van der Waals surface area contributed by atoms with E-state index < -0.39 is 6.03 Å². The van der Waals surface area contributed by atoms with Crippen molar-refractivity contribution in [2.75, 3.05) is 23.8 Å². The quantitative estimate of drug-likeness (QED) is 0.345. The van der Waals surface area contributed by atoms with Gasteiger partial charge in [-0.1, -0.05) is 35.9 Å². The average molecular weight is 505 g/mol. The topological polar surface area (TPSA) is 128 Å². The predicted molar refractivity (Wildman–Crippen MR) is 137 cm³/mol. The second-order valence-corrected chi connectivity index (χ2v) is 8.60. The number of pyridine rings is 1. The molecule has 1 aromatic heterocycles. The highest BCUT2D eigenvalue weighted by Crippen LogP contribution is 2.28. The van der Waals surface area contributed by atoms with E-state index in [2.05, 4.69) is 38.4 Å². The SMILES string of the molecule is N#Cc1ccc(NC(=O)Nc2cc(Cl)ccc2OCCCNC(=O)[C@@H]2Cc3ccccc3CN2)nc1. The molecule has 2 aromatic carbocycles. The number of nitriles is 1. The molecule has 2 heterocycles. The van der Waals surface area contributed by atoms with E-state index in [1.54, 1.807) is 24.3 Å². The van der Waals surface area contributed by atoms with E-state index in [4.69, 9.17) is 21.6 Å². The van der Waals surface area contributed by atoms with Crippen LogP contribution in [-0.2, 0) is 17.8 Å². The number of rotatable bonds is 8. The van der Waals surface area contributed by atoms with Crippen LogP contribution < -0.4 is 26.0 Å². The molecule has 0 fully saturated rings. The largest absolute Gasteiger partial charge is 0.491 e. The Morgan fingerprint density at radius 3 is 2.75 bits per heavy atom. The summed E-state index contributed by atoms with van der Waals surface area (Å²) in [5.41, 5.74) is 3.21. The van der Waals surface area contributed by atoms with Crippen LogP contribution >= 0.6 is 11.6 Å². The van der Waals surface area contributed by atoms with Gasteiger partial charge in [0.05, 0.1) is 23.9 Å². The summed E-state index contributed by atoms with van der Waals surface area (Å²) in [6, 6.07) is 17.3. The molecule has 4 rings (SSSR count). The van der Waals surface area contributed by atoms with Crippen molar-refractivity contribution in [3.05, 3.63) is 82.5 Å². The third-order valence-electron chi connectivity index (χ3n) is 5.60. The second kappa shape index (κ2) is 12.0. The molecule has 1 aliphatic heterocycles. The van der Waals surface area contributed by atoms with Crippen molar-refractivity contribution in [3.8, 4) is 11.8 Å². The normalized spacial score (nSPS) is 14.2. The van der Waals surface area contributed by atoms with Gasteiger partial charge in [-0.2, -0.15) is 5.26 Å². The number of carbonyl (C=O) groups is 2. The van der Waals surface area contributed by atoms with Crippen molar-refractivity contribution in [1.82, 2.24) is 15.6 Å². The number of anilines is 2. The molecule has 184 valence electrons. The summed E-state index contributed by atoms with van der Waals surface area (Å²) in [7, 11) is 0. The lowest BCUT2D eigenvalue weighted by molar-refractivity contribution is -0.123. The molecule has 0 spiro atoms. The van der Waals surface area contributed by atoms with Gasteiger partial charge in [0.1, 0.15) is 17.6 Å². The van der Waals surface area contributed by atoms with E-state index >= 15 is 0 Å². The van der Waals surface area contributed by atoms with Crippen molar-refractivity contribution in [3.63, 3.8) is 0 Å². The molecule has 0 saturated heterocycles. The number of hydrogen-bond donors (Lipinski definition) is 4. The van der Waals surface area contributed by atoms with Gasteiger partial charge in [0, 0.05) is 24.3 Å². The highest BCUT2D eigenvalue weighted by molar-refractivity contribution is 6.31. The standard InChI is InChI=1S/C26H25ClN6O3/c27-20-7-8-23(21(13-20)32-26(35)33-24-9-6-17(14-28)15-31-24)36-11-3-10-29-25(34)22-12-18-4-1-2-5-19(18)16-30-22/h1-2,4-9,13,15,22,30H,3,10-12,16H2,(H,29,34)(H2,31,32,33,35)/t22-/m0/s1. The van der Waals surface area contributed by atoms with Crippen LogP contribution in [0.4, 0.5) is 16.3 Å². The van der Waals surface area contributed by atoms with Crippen LogP contribution in [0.15, 0.2) is 60.8 Å². The van der Waals surface area contributed by atoms with Crippen molar-refractivity contribution in [2.24, 2.45) is 0 Å². The maximum atomic E-state index is 12.5. The molecule has 3 aromatic rings. The summed E-state index contributed by atoms with van der Waals surface area (Å²) in [5, 5.41) is 20.8. The maximum absolute atomic E-state index is 12.5. The van der Waals surface area contributed by atoms with E-state index in [-0.39, 0.29) is 11.9 Å². The number of aromatic nitrogens is 1. The molecule has 0 saturated carbocycles. The maximum Gasteiger partial charge on any atom is 0.324 e. The van der Waals surface area contributed by atoms with Gasteiger partial charge >= 0.3 is 6.03 Å². The van der Waals surface area contributed by atoms with E-state index in [9.17, 15) is 9.59 Å². The molecule has 4 N–H and O–H groups in total. The smallest absolute Gasteiger partial charge is 0.324 e. The van der Waals surface area contributed by atoms with Gasteiger partial charge in [0.25, 0.3) is 0 Å². The van der Waals surface area contributed by atoms with Crippen LogP contribution in [-0.4, -0.2) is 36.1 Å². The first-order valence-corrected chi connectivity index (χ1v) is 11.8. The lowest BCUT2D eigenvalue weighted by Crippen LogP contribution is -2.47. The first-order chi connectivity index (χ1) is 17.5. The van der Waals surface area contributed by atoms with E-state index in [0.29, 0.717) is 60.4 Å². The monoisotopic (exact) mass is 504 g/mol. The molecule has 0 aliphatic carbocycles. The first-order valence-electron chi connectivity index (χ1n) is 11.5. The number of fused-ring (bicyclic) bond motifs is 1. The third-order valence-corrected chi connectivity index (χ3v) is 5.83. The number of halogens is 1. The van der Waals surface area contributed by atoms with Crippen molar-refractivity contribution in [2.45, 2.75) is 25.4 Å². The fourth-order valence-corrected chi connectivity index (χ4v) is 3.93. The van der Waals surface area contributed by atoms with Crippen LogP contribution in [0.25, 0.3) is 0 Å². The minimum absolute atomic E-state index is 0.0357. The Labute approximate surface area is 213 Å². The van der Waals surface area contributed by atoms with Gasteiger partial charge < -0.3 is 20.7 Å². The zero-order chi connectivity index (χ0) is 25.3. The molecule has 0 unspecified atom stereocenters. The Kier molecular flexibility index (Phi) is 8.34. The lowest BCUT2D eigenvalue weighted by Gasteiger charge is -2.25. The number of urea groups is 1. The summed E-state index contributed by atoms with van der Waals surface area (Å²) >= 11 is 6.09.